The topological polar surface area (TPSA) is 74.8 Å². The summed E-state index contributed by atoms with van der Waals surface area (Å²) in [6.45, 7) is 5.02. The molecule has 1 aliphatic rings. The second-order valence-electron chi connectivity index (χ2n) is 6.42. The Kier molecular flexibility index (Phi) is 5.71. The Morgan fingerprint density at radius 2 is 1.41 bits per heavy atom. The highest BCUT2D eigenvalue weighted by atomic mass is 32.2. The van der Waals surface area contributed by atoms with Gasteiger partial charge in [-0.3, -0.25) is 0 Å². The van der Waals surface area contributed by atoms with Crippen LogP contribution in [-0.4, -0.2) is 45.1 Å². The van der Waals surface area contributed by atoms with Crippen molar-refractivity contribution in [2.75, 3.05) is 19.6 Å². The Hall–Kier alpha value is -1.74. The molecule has 0 N–H and O–H groups in total. The molecule has 146 valence electrons. The third kappa shape index (κ3) is 3.80. The van der Waals surface area contributed by atoms with Gasteiger partial charge in [0.05, 0.1) is 9.79 Å². The molecule has 0 fully saturated rings. The van der Waals surface area contributed by atoms with Crippen molar-refractivity contribution in [3.05, 3.63) is 59.7 Å². The third-order valence-electron chi connectivity index (χ3n) is 4.90. The Labute approximate surface area is 161 Å². The minimum absolute atomic E-state index is 0.106. The van der Waals surface area contributed by atoms with Crippen molar-refractivity contribution >= 4 is 20.0 Å². The van der Waals surface area contributed by atoms with E-state index in [4.69, 9.17) is 0 Å². The molecule has 3 rings (SSSR count). The first-order valence-electron chi connectivity index (χ1n) is 8.98. The van der Waals surface area contributed by atoms with E-state index in [0.717, 1.165) is 5.56 Å². The summed E-state index contributed by atoms with van der Waals surface area (Å²) < 4.78 is 53.9. The van der Waals surface area contributed by atoms with Crippen molar-refractivity contribution in [2.24, 2.45) is 0 Å². The number of rotatable bonds is 6. The molecule has 0 spiro atoms. The summed E-state index contributed by atoms with van der Waals surface area (Å²) in [6.07, 6.45) is 0.670. The van der Waals surface area contributed by atoms with Crippen LogP contribution in [0.5, 0.6) is 0 Å². The van der Waals surface area contributed by atoms with E-state index >= 15 is 0 Å². The van der Waals surface area contributed by atoms with Gasteiger partial charge < -0.3 is 0 Å². The first-order chi connectivity index (χ1) is 12.8. The minimum Gasteiger partial charge on any atom is -0.207 e. The van der Waals surface area contributed by atoms with Crippen molar-refractivity contribution in [1.82, 2.24) is 8.61 Å². The van der Waals surface area contributed by atoms with Crippen LogP contribution in [0, 0.1) is 0 Å². The molecule has 8 heteroatoms. The largest absolute Gasteiger partial charge is 0.243 e. The number of hydrogen-bond acceptors (Lipinski definition) is 4. The fourth-order valence-corrected chi connectivity index (χ4v) is 6.20. The summed E-state index contributed by atoms with van der Waals surface area (Å²) in [5.74, 6) is 0. The maximum atomic E-state index is 13.0. The highest BCUT2D eigenvalue weighted by Gasteiger charge is 2.29. The summed E-state index contributed by atoms with van der Waals surface area (Å²) in [7, 11) is -7.28. The lowest BCUT2D eigenvalue weighted by molar-refractivity contribution is 0.391. The van der Waals surface area contributed by atoms with Crippen LogP contribution in [0.15, 0.2) is 58.3 Å². The quantitative estimate of drug-likeness (QED) is 0.736. The molecular formula is C19H24N2O4S2. The van der Waals surface area contributed by atoms with E-state index in [9.17, 15) is 16.8 Å². The van der Waals surface area contributed by atoms with Crippen molar-refractivity contribution in [3.8, 4) is 0 Å². The molecule has 0 saturated heterocycles. The lowest BCUT2D eigenvalue weighted by Gasteiger charge is -2.28. The number of nitrogens with zero attached hydrogens (tertiary/aromatic N) is 2. The van der Waals surface area contributed by atoms with E-state index in [1.165, 1.54) is 38.4 Å². The number of hydrogen-bond donors (Lipinski definition) is 0. The highest BCUT2D eigenvalue weighted by molar-refractivity contribution is 7.89. The molecule has 0 bridgehead atoms. The van der Waals surface area contributed by atoms with Gasteiger partial charge in [0.2, 0.25) is 20.0 Å². The molecule has 0 aliphatic carbocycles. The van der Waals surface area contributed by atoms with Crippen LogP contribution in [0.1, 0.15) is 25.0 Å². The molecule has 27 heavy (non-hydrogen) atoms. The van der Waals surface area contributed by atoms with Crippen LogP contribution in [-0.2, 0) is 33.0 Å². The molecule has 0 radical (unpaired) electrons. The normalized spacial score (nSPS) is 15.7. The Bertz CT molecular complexity index is 1010. The van der Waals surface area contributed by atoms with Gasteiger partial charge in [-0.1, -0.05) is 38.1 Å². The molecule has 0 saturated carbocycles. The monoisotopic (exact) mass is 408 g/mol. The summed E-state index contributed by atoms with van der Waals surface area (Å²) in [6, 6.07) is 13.3. The summed E-state index contributed by atoms with van der Waals surface area (Å²) in [4.78, 5) is 0.217. The van der Waals surface area contributed by atoms with E-state index in [1.54, 1.807) is 13.8 Å². The first kappa shape index (κ1) is 20.0. The van der Waals surface area contributed by atoms with Gasteiger partial charge >= 0.3 is 0 Å². The van der Waals surface area contributed by atoms with Gasteiger partial charge in [-0.15, -0.1) is 0 Å². The lowest BCUT2D eigenvalue weighted by atomic mass is 10.0. The van der Waals surface area contributed by atoms with Crippen molar-refractivity contribution in [2.45, 2.75) is 36.6 Å². The van der Waals surface area contributed by atoms with Gasteiger partial charge in [-0.2, -0.15) is 8.61 Å². The smallest absolute Gasteiger partial charge is 0.207 e. The van der Waals surface area contributed by atoms with Gasteiger partial charge in [0.1, 0.15) is 0 Å². The zero-order valence-electron chi connectivity index (χ0n) is 15.5. The van der Waals surface area contributed by atoms with Crippen molar-refractivity contribution in [3.63, 3.8) is 0 Å². The number of benzene rings is 2. The van der Waals surface area contributed by atoms with Gasteiger partial charge in [-0.05, 0) is 41.8 Å². The molecule has 0 atom stereocenters. The zero-order valence-corrected chi connectivity index (χ0v) is 17.1. The average Bonchev–Trinajstić information content (AvgIpc) is 2.68. The molecule has 0 amide bonds. The molecule has 1 heterocycles. The van der Waals surface area contributed by atoms with E-state index in [1.807, 2.05) is 24.3 Å². The molecule has 6 nitrogen and oxygen atoms in total. The van der Waals surface area contributed by atoms with Crippen LogP contribution < -0.4 is 0 Å². The molecule has 2 aromatic carbocycles. The minimum atomic E-state index is -3.67. The van der Waals surface area contributed by atoms with Gasteiger partial charge in [0.15, 0.2) is 0 Å². The molecule has 2 aromatic rings. The predicted molar refractivity (Wildman–Crippen MR) is 104 cm³/mol. The Morgan fingerprint density at radius 1 is 0.852 bits per heavy atom. The van der Waals surface area contributed by atoms with Gasteiger partial charge in [-0.25, -0.2) is 16.8 Å². The SMILES string of the molecule is CCN(CC)S(=O)(=O)c1ccc(S(=O)(=O)N2CCc3ccccc3C2)cc1. The lowest BCUT2D eigenvalue weighted by Crippen LogP contribution is -2.36. The van der Waals surface area contributed by atoms with Crippen molar-refractivity contribution in [1.29, 1.82) is 0 Å². The summed E-state index contributed by atoms with van der Waals surface area (Å²) in [5, 5.41) is 0. The van der Waals surface area contributed by atoms with Gasteiger partial charge in [0, 0.05) is 26.2 Å². The van der Waals surface area contributed by atoms with E-state index in [2.05, 4.69) is 0 Å². The van der Waals surface area contributed by atoms with E-state index in [-0.39, 0.29) is 9.79 Å². The molecular weight excluding hydrogens is 384 g/mol. The summed E-state index contributed by atoms with van der Waals surface area (Å²) in [5.41, 5.74) is 2.18. The van der Waals surface area contributed by atoms with Crippen molar-refractivity contribution < 1.29 is 16.8 Å². The second kappa shape index (κ2) is 7.71. The molecule has 0 aromatic heterocycles. The van der Waals surface area contributed by atoms with Crippen LogP contribution in [0.25, 0.3) is 0 Å². The standard InChI is InChI=1S/C19H24N2O4S2/c1-3-20(4-2)26(22,23)18-9-11-19(12-10-18)27(24,25)21-14-13-16-7-5-6-8-17(16)15-21/h5-12H,3-4,13-15H2,1-2H3. The third-order valence-corrected chi connectivity index (χ3v) is 8.82. The number of fused-ring (bicyclic) bond motifs is 1. The summed E-state index contributed by atoms with van der Waals surface area (Å²) >= 11 is 0. The maximum Gasteiger partial charge on any atom is 0.243 e. The van der Waals surface area contributed by atoms with Crippen LogP contribution in [0.4, 0.5) is 0 Å². The zero-order chi connectivity index (χ0) is 19.7. The van der Waals surface area contributed by atoms with Crippen LogP contribution >= 0.6 is 0 Å². The van der Waals surface area contributed by atoms with Gasteiger partial charge in [0.25, 0.3) is 0 Å². The fourth-order valence-electron chi connectivity index (χ4n) is 3.32. The predicted octanol–water partition coefficient (Wildman–Crippen LogP) is 2.46. The fraction of sp³-hybridized carbons (Fsp3) is 0.368. The number of sulfonamides is 2. The highest BCUT2D eigenvalue weighted by Crippen LogP contribution is 2.26. The van der Waals surface area contributed by atoms with E-state index in [0.29, 0.717) is 32.6 Å². The molecule has 0 unspecified atom stereocenters. The maximum absolute atomic E-state index is 13.0. The van der Waals surface area contributed by atoms with Crippen LogP contribution in [0.3, 0.4) is 0 Å². The van der Waals surface area contributed by atoms with E-state index < -0.39 is 20.0 Å². The first-order valence-corrected chi connectivity index (χ1v) is 11.9. The molecule has 1 aliphatic heterocycles. The Balaban J connectivity index is 1.87. The average molecular weight is 409 g/mol. The second-order valence-corrected chi connectivity index (χ2v) is 10.3. The van der Waals surface area contributed by atoms with Crippen LogP contribution in [0.2, 0.25) is 0 Å². The Morgan fingerprint density at radius 3 is 2.00 bits per heavy atom.